The molecule has 23 rings (SSSR count). The molecule has 0 amide bonds. The highest BCUT2D eigenvalue weighted by molar-refractivity contribution is 7.00. The summed E-state index contributed by atoms with van der Waals surface area (Å²) in [6, 6.07) is 144. The van der Waals surface area contributed by atoms with Crippen LogP contribution in [-0.2, 0) is 0 Å². The summed E-state index contributed by atoms with van der Waals surface area (Å²) in [5.74, 6) is 0. The highest BCUT2D eigenvalue weighted by Crippen LogP contribution is 2.53. The van der Waals surface area contributed by atoms with Crippen molar-refractivity contribution in [3.05, 3.63) is 382 Å². The number of benzene rings is 19. The van der Waals surface area contributed by atoms with Crippen LogP contribution in [0, 0.1) is 0 Å². The van der Waals surface area contributed by atoms with Gasteiger partial charge in [0.2, 0.25) is 0 Å². The molecule has 5 heteroatoms. The van der Waals surface area contributed by atoms with Crippen LogP contribution in [0.3, 0.4) is 0 Å². The molecule has 107 heavy (non-hydrogen) atoms. The maximum absolute atomic E-state index is 2.75. The van der Waals surface area contributed by atoms with Gasteiger partial charge in [0.05, 0.1) is 16.6 Å². The average Bonchev–Trinajstić information content (AvgIpc) is 1.52. The number of hydrogen-bond donors (Lipinski definition) is 0. The lowest BCUT2D eigenvalue weighted by molar-refractivity contribution is 1.14. The summed E-state index contributed by atoms with van der Waals surface area (Å²) >= 11 is 0. The molecule has 0 radical (unpaired) electrons. The number of nitrogens with zero attached hydrogens (tertiary/aromatic N) is 4. The third kappa shape index (κ3) is 8.74. The minimum Gasteiger partial charge on any atom is -0.311 e. The van der Waals surface area contributed by atoms with Gasteiger partial charge in [0.15, 0.2) is 0 Å². The zero-order valence-electron chi connectivity index (χ0n) is 58.2. The molecular weight excluding hydrogens is 1290 g/mol. The Labute approximate surface area is 618 Å². The van der Waals surface area contributed by atoms with Crippen LogP contribution in [0.25, 0.3) is 164 Å². The van der Waals surface area contributed by atoms with Gasteiger partial charge < -0.3 is 18.9 Å². The summed E-state index contributed by atoms with van der Waals surface area (Å²) in [4.78, 5) is 4.90. The third-order valence-corrected chi connectivity index (χ3v) is 23.3. The lowest BCUT2D eigenvalue weighted by Gasteiger charge is -2.36. The van der Waals surface area contributed by atoms with Crippen LogP contribution in [-0.4, -0.2) is 15.8 Å². The van der Waals surface area contributed by atoms with E-state index in [-0.39, 0.29) is 6.71 Å². The monoisotopic (exact) mass is 1350 g/mol. The lowest BCUT2D eigenvalue weighted by Crippen LogP contribution is -2.59. The van der Waals surface area contributed by atoms with E-state index >= 15 is 0 Å². The van der Waals surface area contributed by atoms with Crippen LogP contribution in [0.1, 0.15) is 0 Å². The summed E-state index contributed by atoms with van der Waals surface area (Å²) in [5.41, 5.74) is 26.6. The first-order valence-electron chi connectivity index (χ1n) is 37.2. The predicted molar refractivity (Wildman–Crippen MR) is 456 cm³/mol. The molecule has 0 aliphatic carbocycles. The van der Waals surface area contributed by atoms with E-state index in [0.29, 0.717) is 0 Å². The standard InChI is InChI=1S/C102H63BN4/c1-8-30-64(31-9-1)67-56-84(65-32-10-2-11-33-65)95(85(57-67)66-34-12-3-13-35-66)68-58-93-100-94(59-68)107-92-55-53-83-79-48-24-22-44-75(79)77-46-26-28-50-81(77)96(83)98(92)99-97-82-51-29-27-47-78(82)76-45-23-25-49-80(76)87(97)63-90(102(99)107)103(100)89-62-74(105(71-40-18-6-19-41-71)72-42-20-7-21-43-72)61-88-86-60-73(52-54-91(86)106(93)101(88)89)104(69-36-14-4-15-37-69)70-38-16-5-17-39-70/h1-63H. The highest BCUT2D eigenvalue weighted by Gasteiger charge is 2.44. The number of anilines is 6. The van der Waals surface area contributed by atoms with Crippen molar-refractivity contribution in [1.29, 1.82) is 0 Å². The predicted octanol–water partition coefficient (Wildman–Crippen LogP) is 25.6. The molecule has 0 spiro atoms. The molecule has 21 aromatic rings. The van der Waals surface area contributed by atoms with E-state index in [1.807, 2.05) is 0 Å². The normalized spacial score (nSPS) is 12.3. The zero-order chi connectivity index (χ0) is 70.0. The molecule has 2 aliphatic rings. The molecule has 0 N–H and O–H groups in total. The Hall–Kier alpha value is -14.0. The van der Waals surface area contributed by atoms with E-state index in [0.717, 1.165) is 73.0 Å². The Morgan fingerprint density at radius 1 is 0.206 bits per heavy atom. The Balaban J connectivity index is 0.954. The van der Waals surface area contributed by atoms with Crippen LogP contribution in [0.4, 0.5) is 34.1 Å². The first-order chi connectivity index (χ1) is 53.1. The van der Waals surface area contributed by atoms with Crippen molar-refractivity contribution in [3.63, 3.8) is 0 Å². The minimum absolute atomic E-state index is 0.285. The zero-order valence-corrected chi connectivity index (χ0v) is 58.2. The minimum atomic E-state index is -0.285. The van der Waals surface area contributed by atoms with E-state index in [2.05, 4.69) is 401 Å². The van der Waals surface area contributed by atoms with Gasteiger partial charge in [-0.05, 0) is 224 Å². The van der Waals surface area contributed by atoms with Crippen molar-refractivity contribution in [2.45, 2.75) is 0 Å². The van der Waals surface area contributed by atoms with Gasteiger partial charge in [-0.3, -0.25) is 0 Å². The summed E-state index contributed by atoms with van der Waals surface area (Å²) < 4.78 is 5.44. The van der Waals surface area contributed by atoms with Crippen molar-refractivity contribution in [3.8, 4) is 55.9 Å². The van der Waals surface area contributed by atoms with Crippen LogP contribution in [0.15, 0.2) is 382 Å². The number of rotatable bonds is 10. The molecule has 4 nitrogen and oxygen atoms in total. The maximum Gasteiger partial charge on any atom is 0.252 e. The van der Waals surface area contributed by atoms with Crippen molar-refractivity contribution in [2.75, 3.05) is 9.80 Å². The van der Waals surface area contributed by atoms with Crippen LogP contribution < -0.4 is 26.2 Å². The van der Waals surface area contributed by atoms with Gasteiger partial charge in [-0.25, -0.2) is 0 Å². The van der Waals surface area contributed by atoms with Gasteiger partial charge >= 0.3 is 0 Å². The molecule has 494 valence electrons. The smallest absolute Gasteiger partial charge is 0.252 e. The van der Waals surface area contributed by atoms with Gasteiger partial charge in [0, 0.05) is 83.3 Å². The fourth-order valence-corrected chi connectivity index (χ4v) is 19.0. The summed E-state index contributed by atoms with van der Waals surface area (Å²) in [6.45, 7) is -0.285. The largest absolute Gasteiger partial charge is 0.311 e. The van der Waals surface area contributed by atoms with Crippen LogP contribution >= 0.6 is 0 Å². The second-order valence-corrected chi connectivity index (χ2v) is 28.9. The fourth-order valence-electron chi connectivity index (χ4n) is 19.0. The van der Waals surface area contributed by atoms with Crippen molar-refractivity contribution < 1.29 is 0 Å². The van der Waals surface area contributed by atoms with E-state index in [4.69, 9.17) is 0 Å². The first-order valence-corrected chi connectivity index (χ1v) is 37.2. The van der Waals surface area contributed by atoms with Crippen LogP contribution in [0.2, 0.25) is 0 Å². The Bertz CT molecular complexity index is 7100. The second kappa shape index (κ2) is 23.3. The van der Waals surface area contributed by atoms with Crippen molar-refractivity contribution in [1.82, 2.24) is 9.13 Å². The van der Waals surface area contributed by atoms with E-state index < -0.39 is 0 Å². The number of hydrogen-bond acceptors (Lipinski definition) is 2. The van der Waals surface area contributed by atoms with Gasteiger partial charge in [-0.1, -0.05) is 273 Å². The SMILES string of the molecule is c1ccc(-c2cc(-c3ccccc3)c(-c3cc4c5c(c3)-n3c6ccc7c8ccccc8c8ccccc8c7c6c6c7c8ccccc8c8ccccc8c7cc(c63)B5c3cc(N(c5ccccc5)c5ccccc5)cc5c6cc(N(c7ccccc7)c7ccccc7)ccc6n-4c35)c(-c3ccccc3)c2)cc1. The van der Waals surface area contributed by atoms with Gasteiger partial charge in [0.25, 0.3) is 6.71 Å². The molecule has 2 aromatic heterocycles. The van der Waals surface area contributed by atoms with E-state index in [1.165, 1.54) is 142 Å². The average molecular weight is 1360 g/mol. The lowest BCUT2D eigenvalue weighted by atomic mass is 9.34. The van der Waals surface area contributed by atoms with Gasteiger partial charge in [-0.2, -0.15) is 0 Å². The van der Waals surface area contributed by atoms with Crippen molar-refractivity contribution in [2.24, 2.45) is 0 Å². The molecular formula is C102H63BN4. The topological polar surface area (TPSA) is 16.3 Å². The molecule has 4 heterocycles. The van der Waals surface area contributed by atoms with Crippen LogP contribution in [0.5, 0.6) is 0 Å². The Morgan fingerprint density at radius 2 is 0.579 bits per heavy atom. The number of fused-ring (bicyclic) bond motifs is 24. The molecule has 19 aromatic carbocycles. The quantitative estimate of drug-likeness (QED) is 0.100. The fraction of sp³-hybridized carbons (Fsp3) is 0. The first kappa shape index (κ1) is 59.5. The van der Waals surface area contributed by atoms with Gasteiger partial charge in [-0.15, -0.1) is 0 Å². The molecule has 0 bridgehead atoms. The highest BCUT2D eigenvalue weighted by atomic mass is 15.2. The summed E-state index contributed by atoms with van der Waals surface area (Å²) in [7, 11) is 0. The van der Waals surface area contributed by atoms with E-state index in [9.17, 15) is 0 Å². The number of aromatic nitrogens is 2. The molecule has 0 atom stereocenters. The third-order valence-electron chi connectivity index (χ3n) is 23.3. The summed E-state index contributed by atoms with van der Waals surface area (Å²) in [6.07, 6.45) is 0. The number of para-hydroxylation sites is 4. The van der Waals surface area contributed by atoms with Gasteiger partial charge in [0.1, 0.15) is 0 Å². The Morgan fingerprint density at radius 3 is 1.07 bits per heavy atom. The molecule has 0 fully saturated rings. The molecule has 0 saturated carbocycles. The molecule has 0 unspecified atom stereocenters. The van der Waals surface area contributed by atoms with Crippen molar-refractivity contribution >= 4 is 165 Å². The Kier molecular flexibility index (Phi) is 12.9. The maximum atomic E-state index is 2.75. The summed E-state index contributed by atoms with van der Waals surface area (Å²) in [5, 5.41) is 19.9. The molecule has 0 saturated heterocycles. The van der Waals surface area contributed by atoms with E-state index in [1.54, 1.807) is 0 Å². The molecule has 2 aliphatic heterocycles. The second-order valence-electron chi connectivity index (χ2n) is 28.9.